The number of hydrogen-bond donors (Lipinski definition) is 1. The second kappa shape index (κ2) is 6.92. The molecular formula is C19H20N4O5. The third-order valence-electron chi connectivity index (χ3n) is 5.18. The van der Waals surface area contributed by atoms with Crippen molar-refractivity contribution in [3.8, 4) is 11.5 Å². The number of ether oxygens (including phenoxy) is 4. The van der Waals surface area contributed by atoms with Crippen LogP contribution < -0.4 is 19.7 Å². The number of fused-ring (bicyclic) bond motifs is 1. The Bertz CT molecular complexity index is 872. The van der Waals surface area contributed by atoms with Gasteiger partial charge in [-0.15, -0.1) is 10.2 Å². The lowest BCUT2D eigenvalue weighted by Gasteiger charge is -2.37. The molecule has 3 aliphatic heterocycles. The summed E-state index contributed by atoms with van der Waals surface area (Å²) in [4.78, 5) is 14.6. The number of piperidine rings is 1. The van der Waals surface area contributed by atoms with Gasteiger partial charge in [-0.3, -0.25) is 4.79 Å². The number of nitrogens with zero attached hydrogens (tertiary/aromatic N) is 3. The summed E-state index contributed by atoms with van der Waals surface area (Å²) in [6.45, 7) is 3.06. The van der Waals surface area contributed by atoms with E-state index in [9.17, 15) is 4.79 Å². The number of rotatable bonds is 3. The van der Waals surface area contributed by atoms with Crippen molar-refractivity contribution in [2.24, 2.45) is 0 Å². The fraction of sp³-hybridized carbons (Fsp3) is 0.421. The van der Waals surface area contributed by atoms with Gasteiger partial charge in [0.15, 0.2) is 28.8 Å². The summed E-state index contributed by atoms with van der Waals surface area (Å²) in [5.41, 5.74) is 0.857. The minimum Gasteiger partial charge on any atom is -0.454 e. The van der Waals surface area contributed by atoms with E-state index in [0.29, 0.717) is 30.4 Å². The van der Waals surface area contributed by atoms with Gasteiger partial charge < -0.3 is 29.2 Å². The fourth-order valence-corrected chi connectivity index (χ4v) is 3.65. The first-order valence-electron chi connectivity index (χ1n) is 9.28. The first kappa shape index (κ1) is 17.2. The van der Waals surface area contributed by atoms with Crippen molar-refractivity contribution < 1.29 is 23.7 Å². The van der Waals surface area contributed by atoms with Crippen molar-refractivity contribution in [1.29, 1.82) is 0 Å². The van der Waals surface area contributed by atoms with E-state index < -0.39 is 5.79 Å². The Labute approximate surface area is 161 Å². The number of amides is 1. The van der Waals surface area contributed by atoms with Crippen LogP contribution >= 0.6 is 0 Å². The lowest BCUT2D eigenvalue weighted by Crippen LogP contribution is -2.45. The summed E-state index contributed by atoms with van der Waals surface area (Å²) >= 11 is 0. The highest BCUT2D eigenvalue weighted by Crippen LogP contribution is 2.34. The second-order valence-electron chi connectivity index (χ2n) is 6.89. The molecule has 9 nitrogen and oxygen atoms in total. The summed E-state index contributed by atoms with van der Waals surface area (Å²) in [6.07, 6.45) is 1.59. The van der Waals surface area contributed by atoms with Crippen LogP contribution in [-0.2, 0) is 9.47 Å². The van der Waals surface area contributed by atoms with Gasteiger partial charge in [0, 0.05) is 37.7 Å². The van der Waals surface area contributed by atoms with Gasteiger partial charge >= 0.3 is 0 Å². The Hall–Kier alpha value is -2.91. The highest BCUT2D eigenvalue weighted by molar-refractivity contribution is 6.03. The summed E-state index contributed by atoms with van der Waals surface area (Å²) in [6, 6.07) is 8.73. The molecular weight excluding hydrogens is 364 g/mol. The smallest absolute Gasteiger partial charge is 0.276 e. The average Bonchev–Trinajstić information content (AvgIpc) is 3.38. The molecule has 2 fully saturated rings. The predicted octanol–water partition coefficient (Wildman–Crippen LogP) is 1.80. The molecule has 1 aromatic heterocycles. The lowest BCUT2D eigenvalue weighted by atomic mass is 10.0. The van der Waals surface area contributed by atoms with Crippen LogP contribution in [0.2, 0.25) is 0 Å². The first-order valence-corrected chi connectivity index (χ1v) is 9.28. The third-order valence-corrected chi connectivity index (χ3v) is 5.18. The number of benzene rings is 1. The van der Waals surface area contributed by atoms with Crippen LogP contribution in [0.25, 0.3) is 0 Å². The highest BCUT2D eigenvalue weighted by atomic mass is 16.7. The number of nitrogens with one attached hydrogen (secondary N) is 1. The number of hydrogen-bond acceptors (Lipinski definition) is 8. The van der Waals surface area contributed by atoms with E-state index in [0.717, 1.165) is 31.7 Å². The molecule has 0 unspecified atom stereocenters. The highest BCUT2D eigenvalue weighted by Gasteiger charge is 2.40. The van der Waals surface area contributed by atoms with E-state index in [-0.39, 0.29) is 18.4 Å². The van der Waals surface area contributed by atoms with Crippen LogP contribution in [0.4, 0.5) is 11.5 Å². The maximum atomic E-state index is 12.4. The van der Waals surface area contributed by atoms with E-state index in [4.69, 9.17) is 18.9 Å². The molecule has 0 aliphatic carbocycles. The van der Waals surface area contributed by atoms with Crippen LogP contribution in [-0.4, -0.2) is 55.0 Å². The molecule has 28 heavy (non-hydrogen) atoms. The molecule has 146 valence electrons. The quantitative estimate of drug-likeness (QED) is 0.856. The molecule has 1 N–H and O–H groups in total. The molecule has 4 heterocycles. The molecule has 0 bridgehead atoms. The van der Waals surface area contributed by atoms with Crippen molar-refractivity contribution in [1.82, 2.24) is 10.2 Å². The summed E-state index contributed by atoms with van der Waals surface area (Å²) in [5, 5.41) is 11.1. The summed E-state index contributed by atoms with van der Waals surface area (Å²) in [5.74, 6) is 1.26. The molecule has 0 radical (unpaired) electrons. The van der Waals surface area contributed by atoms with Crippen LogP contribution in [0.5, 0.6) is 11.5 Å². The molecule has 2 aromatic rings. The van der Waals surface area contributed by atoms with Gasteiger partial charge in [-0.25, -0.2) is 0 Å². The minimum atomic E-state index is -0.422. The maximum Gasteiger partial charge on any atom is 0.276 e. The monoisotopic (exact) mass is 384 g/mol. The van der Waals surface area contributed by atoms with Crippen molar-refractivity contribution in [3.05, 3.63) is 36.0 Å². The zero-order valence-electron chi connectivity index (χ0n) is 15.2. The van der Waals surface area contributed by atoms with Crippen molar-refractivity contribution in [2.45, 2.75) is 18.6 Å². The summed E-state index contributed by atoms with van der Waals surface area (Å²) in [7, 11) is 0. The lowest BCUT2D eigenvalue weighted by molar-refractivity contribution is -0.169. The van der Waals surface area contributed by atoms with E-state index in [2.05, 4.69) is 20.4 Å². The topological polar surface area (TPSA) is 95.0 Å². The minimum absolute atomic E-state index is 0.190. The van der Waals surface area contributed by atoms with E-state index in [1.807, 2.05) is 6.07 Å². The third kappa shape index (κ3) is 3.23. The van der Waals surface area contributed by atoms with E-state index >= 15 is 0 Å². The Morgan fingerprint density at radius 2 is 1.79 bits per heavy atom. The molecule has 0 atom stereocenters. The van der Waals surface area contributed by atoms with Gasteiger partial charge in [0.05, 0.1) is 13.2 Å². The standard InChI is InChI=1S/C19H20N4O5/c24-18(20-13-1-3-15-16(11-13)26-12-25-15)14-2-4-17(22-21-14)23-7-5-19(6-8-23)27-9-10-28-19/h1-4,11H,5-10,12H2,(H,20,24). The van der Waals surface area contributed by atoms with Crippen LogP contribution in [0.3, 0.4) is 0 Å². The number of aromatic nitrogens is 2. The zero-order chi connectivity index (χ0) is 19.0. The van der Waals surface area contributed by atoms with Gasteiger partial charge in [0.25, 0.3) is 5.91 Å². The number of anilines is 2. The Balaban J connectivity index is 1.22. The Morgan fingerprint density at radius 3 is 2.54 bits per heavy atom. The molecule has 3 aliphatic rings. The summed E-state index contributed by atoms with van der Waals surface area (Å²) < 4.78 is 22.1. The molecule has 2 saturated heterocycles. The maximum absolute atomic E-state index is 12.4. The number of carbonyl (C=O) groups is 1. The van der Waals surface area contributed by atoms with Gasteiger partial charge in [-0.05, 0) is 24.3 Å². The zero-order valence-corrected chi connectivity index (χ0v) is 15.2. The van der Waals surface area contributed by atoms with Gasteiger partial charge in [-0.2, -0.15) is 0 Å². The fourth-order valence-electron chi connectivity index (χ4n) is 3.65. The normalized spacial score (nSPS) is 19.8. The Morgan fingerprint density at radius 1 is 1.00 bits per heavy atom. The molecule has 9 heteroatoms. The second-order valence-corrected chi connectivity index (χ2v) is 6.89. The molecule has 1 amide bonds. The van der Waals surface area contributed by atoms with Gasteiger partial charge in [0.1, 0.15) is 0 Å². The van der Waals surface area contributed by atoms with Gasteiger partial charge in [-0.1, -0.05) is 0 Å². The predicted molar refractivity (Wildman–Crippen MR) is 98.6 cm³/mol. The van der Waals surface area contributed by atoms with Crippen LogP contribution in [0.1, 0.15) is 23.3 Å². The van der Waals surface area contributed by atoms with E-state index in [1.54, 1.807) is 24.3 Å². The SMILES string of the molecule is O=C(Nc1ccc2c(c1)OCO2)c1ccc(N2CCC3(CC2)OCCO3)nn1. The largest absolute Gasteiger partial charge is 0.454 e. The molecule has 1 spiro atoms. The van der Waals surface area contributed by atoms with Crippen molar-refractivity contribution in [3.63, 3.8) is 0 Å². The molecule has 5 rings (SSSR count). The first-order chi connectivity index (χ1) is 13.7. The van der Waals surface area contributed by atoms with Crippen LogP contribution in [0.15, 0.2) is 30.3 Å². The van der Waals surface area contributed by atoms with Gasteiger partial charge in [0.2, 0.25) is 6.79 Å². The van der Waals surface area contributed by atoms with Crippen molar-refractivity contribution in [2.75, 3.05) is 43.3 Å². The van der Waals surface area contributed by atoms with Crippen LogP contribution in [0, 0.1) is 0 Å². The number of carbonyl (C=O) groups excluding carboxylic acids is 1. The van der Waals surface area contributed by atoms with E-state index in [1.165, 1.54) is 0 Å². The molecule has 0 saturated carbocycles. The average molecular weight is 384 g/mol. The van der Waals surface area contributed by atoms with Crippen molar-refractivity contribution >= 4 is 17.4 Å². The Kier molecular flexibility index (Phi) is 4.25. The molecule has 1 aromatic carbocycles.